The zero-order chi connectivity index (χ0) is 14.0. The summed E-state index contributed by atoms with van der Waals surface area (Å²) in [6.45, 7) is 3.19. The van der Waals surface area contributed by atoms with E-state index in [2.05, 4.69) is 6.92 Å². The molecule has 0 spiro atoms. The molecule has 0 amide bonds. The molecule has 0 saturated heterocycles. The first kappa shape index (κ1) is 15.4. The fourth-order valence-corrected chi connectivity index (χ4v) is 3.46. The third kappa shape index (κ3) is 5.56. The molecule has 1 saturated carbocycles. The van der Waals surface area contributed by atoms with Gasteiger partial charge in [0.25, 0.3) is 0 Å². The molecular formula is C19H30O. The molecule has 0 radical (unpaired) electrons. The first-order valence-electron chi connectivity index (χ1n) is 8.56. The number of rotatable bonds is 8. The summed E-state index contributed by atoms with van der Waals surface area (Å²) in [5.41, 5.74) is 0. The van der Waals surface area contributed by atoms with Crippen molar-refractivity contribution in [2.75, 3.05) is 6.61 Å². The molecule has 1 fully saturated rings. The fourth-order valence-electron chi connectivity index (χ4n) is 3.46. The number of hydrogen-bond donors (Lipinski definition) is 0. The Morgan fingerprint density at radius 3 is 2.20 bits per heavy atom. The van der Waals surface area contributed by atoms with Gasteiger partial charge in [-0.3, -0.25) is 0 Å². The van der Waals surface area contributed by atoms with Crippen LogP contribution in [0.4, 0.5) is 0 Å². The normalized spacial score (nSPS) is 22.6. The maximum absolute atomic E-state index is 5.74. The minimum Gasteiger partial charge on any atom is -0.494 e. The van der Waals surface area contributed by atoms with Crippen molar-refractivity contribution in [2.24, 2.45) is 11.8 Å². The van der Waals surface area contributed by atoms with Crippen LogP contribution in [0.25, 0.3) is 0 Å². The molecule has 112 valence electrons. The van der Waals surface area contributed by atoms with E-state index in [4.69, 9.17) is 4.74 Å². The molecule has 0 heterocycles. The molecule has 1 aliphatic carbocycles. The van der Waals surface area contributed by atoms with E-state index >= 15 is 0 Å². The molecule has 0 aliphatic heterocycles. The summed E-state index contributed by atoms with van der Waals surface area (Å²) in [5.74, 6) is 3.05. The summed E-state index contributed by atoms with van der Waals surface area (Å²) >= 11 is 0. The van der Waals surface area contributed by atoms with E-state index in [0.717, 1.165) is 24.2 Å². The summed E-state index contributed by atoms with van der Waals surface area (Å²) in [5, 5.41) is 0. The molecule has 1 aromatic rings. The van der Waals surface area contributed by atoms with Gasteiger partial charge in [0.1, 0.15) is 5.75 Å². The van der Waals surface area contributed by atoms with Crippen LogP contribution in [0.5, 0.6) is 5.75 Å². The van der Waals surface area contributed by atoms with Crippen LogP contribution in [-0.2, 0) is 0 Å². The molecule has 0 unspecified atom stereocenters. The molecule has 20 heavy (non-hydrogen) atoms. The predicted octanol–water partition coefficient (Wildman–Crippen LogP) is 5.84. The second-order valence-corrected chi connectivity index (χ2v) is 6.33. The summed E-state index contributed by atoms with van der Waals surface area (Å²) in [4.78, 5) is 0. The Morgan fingerprint density at radius 2 is 1.55 bits per heavy atom. The van der Waals surface area contributed by atoms with Crippen molar-refractivity contribution in [3.8, 4) is 5.75 Å². The Bertz CT molecular complexity index is 338. The molecule has 0 aromatic heterocycles. The largest absolute Gasteiger partial charge is 0.494 e. The maximum atomic E-state index is 5.74. The smallest absolute Gasteiger partial charge is 0.119 e. The molecule has 1 aliphatic rings. The second kappa shape index (κ2) is 9.05. The highest BCUT2D eigenvalue weighted by atomic mass is 16.5. The van der Waals surface area contributed by atoms with Crippen LogP contribution >= 0.6 is 0 Å². The third-order valence-electron chi connectivity index (χ3n) is 4.68. The van der Waals surface area contributed by atoms with Gasteiger partial charge >= 0.3 is 0 Å². The van der Waals surface area contributed by atoms with Gasteiger partial charge in [0.2, 0.25) is 0 Å². The van der Waals surface area contributed by atoms with Crippen molar-refractivity contribution >= 4 is 0 Å². The van der Waals surface area contributed by atoms with Gasteiger partial charge in [0, 0.05) is 0 Å². The van der Waals surface area contributed by atoms with E-state index in [-0.39, 0.29) is 0 Å². The van der Waals surface area contributed by atoms with Gasteiger partial charge in [0.15, 0.2) is 0 Å². The van der Waals surface area contributed by atoms with Gasteiger partial charge in [-0.25, -0.2) is 0 Å². The molecule has 0 N–H and O–H groups in total. The highest BCUT2D eigenvalue weighted by Gasteiger charge is 2.19. The van der Waals surface area contributed by atoms with Gasteiger partial charge < -0.3 is 4.74 Å². The van der Waals surface area contributed by atoms with Crippen LogP contribution in [0, 0.1) is 11.8 Å². The monoisotopic (exact) mass is 274 g/mol. The van der Waals surface area contributed by atoms with Crippen LogP contribution in [0.3, 0.4) is 0 Å². The molecule has 0 atom stereocenters. The molecule has 1 nitrogen and oxygen atoms in total. The van der Waals surface area contributed by atoms with Gasteiger partial charge in [-0.15, -0.1) is 0 Å². The molecule has 1 heteroatoms. The quantitative estimate of drug-likeness (QED) is 0.541. The fraction of sp³-hybridized carbons (Fsp3) is 0.684. The average molecular weight is 274 g/mol. The zero-order valence-electron chi connectivity index (χ0n) is 13.0. The Balaban J connectivity index is 1.50. The lowest BCUT2D eigenvalue weighted by Gasteiger charge is -2.28. The lowest BCUT2D eigenvalue weighted by Crippen LogP contribution is -2.14. The maximum Gasteiger partial charge on any atom is 0.119 e. The summed E-state index contributed by atoms with van der Waals surface area (Å²) in [7, 11) is 0. The Morgan fingerprint density at radius 1 is 0.900 bits per heavy atom. The number of para-hydroxylation sites is 1. The van der Waals surface area contributed by atoms with Crippen LogP contribution < -0.4 is 4.74 Å². The first-order valence-corrected chi connectivity index (χ1v) is 8.56. The Labute approximate surface area is 124 Å². The third-order valence-corrected chi connectivity index (χ3v) is 4.68. The average Bonchev–Trinajstić information content (AvgIpc) is 2.50. The number of ether oxygens (including phenoxy) is 1. The number of unbranched alkanes of at least 4 members (excludes halogenated alkanes) is 1. The van der Waals surface area contributed by atoms with Crippen molar-refractivity contribution < 1.29 is 4.74 Å². The van der Waals surface area contributed by atoms with Crippen LogP contribution in [0.15, 0.2) is 30.3 Å². The molecule has 2 rings (SSSR count). The highest BCUT2D eigenvalue weighted by Crippen LogP contribution is 2.33. The summed E-state index contributed by atoms with van der Waals surface area (Å²) in [6.07, 6.45) is 12.7. The van der Waals surface area contributed by atoms with Gasteiger partial charge in [-0.1, -0.05) is 70.1 Å². The van der Waals surface area contributed by atoms with E-state index in [0.29, 0.717) is 0 Å². The Hall–Kier alpha value is -0.980. The van der Waals surface area contributed by atoms with E-state index in [1.807, 2.05) is 30.3 Å². The van der Waals surface area contributed by atoms with E-state index in [1.165, 1.54) is 57.8 Å². The highest BCUT2D eigenvalue weighted by molar-refractivity contribution is 5.20. The first-order chi connectivity index (χ1) is 9.88. The topological polar surface area (TPSA) is 9.23 Å². The zero-order valence-corrected chi connectivity index (χ0v) is 13.0. The van der Waals surface area contributed by atoms with E-state index in [9.17, 15) is 0 Å². The van der Waals surface area contributed by atoms with Gasteiger partial charge in [-0.2, -0.15) is 0 Å². The molecule has 1 aromatic carbocycles. The van der Waals surface area contributed by atoms with Crippen molar-refractivity contribution in [1.29, 1.82) is 0 Å². The van der Waals surface area contributed by atoms with Gasteiger partial charge in [-0.05, 0) is 36.8 Å². The molecular weight excluding hydrogens is 244 g/mol. The van der Waals surface area contributed by atoms with Gasteiger partial charge in [0.05, 0.1) is 6.61 Å². The lowest BCUT2D eigenvalue weighted by atomic mass is 9.78. The lowest BCUT2D eigenvalue weighted by molar-refractivity contribution is 0.239. The predicted molar refractivity (Wildman–Crippen MR) is 86.1 cm³/mol. The standard InChI is InChI=1S/C19H30O/c1-2-8-17-12-14-18(15-13-17)9-6-7-16-20-19-10-4-3-5-11-19/h3-5,10-11,17-18H,2,6-9,12-16H2,1H3. The van der Waals surface area contributed by atoms with Crippen molar-refractivity contribution in [1.82, 2.24) is 0 Å². The van der Waals surface area contributed by atoms with Crippen molar-refractivity contribution in [3.05, 3.63) is 30.3 Å². The second-order valence-electron chi connectivity index (χ2n) is 6.33. The molecule has 0 bridgehead atoms. The minimum atomic E-state index is 0.870. The summed E-state index contributed by atoms with van der Waals surface area (Å²) < 4.78 is 5.74. The minimum absolute atomic E-state index is 0.870. The van der Waals surface area contributed by atoms with Crippen LogP contribution in [-0.4, -0.2) is 6.61 Å². The van der Waals surface area contributed by atoms with Crippen molar-refractivity contribution in [3.63, 3.8) is 0 Å². The van der Waals surface area contributed by atoms with Crippen LogP contribution in [0.2, 0.25) is 0 Å². The van der Waals surface area contributed by atoms with Crippen LogP contribution in [0.1, 0.15) is 64.7 Å². The Kier molecular flexibility index (Phi) is 6.97. The van der Waals surface area contributed by atoms with Crippen molar-refractivity contribution in [2.45, 2.75) is 64.7 Å². The van der Waals surface area contributed by atoms with E-state index in [1.54, 1.807) is 0 Å². The number of hydrogen-bond acceptors (Lipinski definition) is 1. The van der Waals surface area contributed by atoms with E-state index < -0.39 is 0 Å². The SMILES string of the molecule is CCCC1CCC(CCCCOc2ccccc2)CC1. The summed E-state index contributed by atoms with van der Waals surface area (Å²) in [6, 6.07) is 10.2. The number of benzene rings is 1.